The highest BCUT2D eigenvalue weighted by molar-refractivity contribution is 7.94. The highest BCUT2D eigenvalue weighted by atomic mass is 32.2. The summed E-state index contributed by atoms with van der Waals surface area (Å²) in [5.41, 5.74) is 3.32. The van der Waals surface area contributed by atoms with Gasteiger partial charge in [-0.2, -0.15) is 0 Å². The number of sulfonamides is 2. The summed E-state index contributed by atoms with van der Waals surface area (Å²) in [5.74, 6) is -1.41. The number of anilines is 1. The van der Waals surface area contributed by atoms with E-state index in [-0.39, 0.29) is 12.3 Å². The molecule has 0 amide bonds. The number of pyridine rings is 2. The fourth-order valence-corrected chi connectivity index (χ4v) is 6.05. The number of benzene rings is 1. The molecule has 1 aromatic carbocycles. The second-order valence-corrected chi connectivity index (χ2v) is 11.5. The SMILES string of the molecule is CS(=O)(=O)N(CS(N)(=O)=O)c1cc(F)cc(-c2cc(OCc3ccccn3)nc3c2CCC3)c1. The number of aryl methyl sites for hydroxylation is 1. The first-order valence-electron chi connectivity index (χ1n) is 10.3. The maximum absolute atomic E-state index is 14.7. The van der Waals surface area contributed by atoms with E-state index in [4.69, 9.17) is 9.88 Å². The number of hydrogen-bond acceptors (Lipinski definition) is 7. The lowest BCUT2D eigenvalue weighted by Crippen LogP contribution is -2.37. The normalized spacial score (nSPS) is 13.5. The third-order valence-electron chi connectivity index (χ3n) is 5.30. The molecular weight excluding hydrogens is 483 g/mol. The Morgan fingerprint density at radius 2 is 1.91 bits per heavy atom. The standard InChI is InChI=1S/C22H23FN4O5S2/c1-33(28,29)27(14-34(24,30)31)18-10-15(9-16(23)11-18)20-12-22(26-21-7-4-6-19(20)21)32-13-17-5-2-3-8-25-17/h2-3,5,8-12H,4,6-7,13-14H2,1H3,(H2,24,30,31). The van der Waals surface area contributed by atoms with Crippen LogP contribution in [0.5, 0.6) is 5.88 Å². The predicted molar refractivity (Wildman–Crippen MR) is 126 cm³/mol. The lowest BCUT2D eigenvalue weighted by Gasteiger charge is -2.22. The Morgan fingerprint density at radius 1 is 1.12 bits per heavy atom. The summed E-state index contributed by atoms with van der Waals surface area (Å²) in [5, 5.41) is 5.08. The Labute approximate surface area is 197 Å². The fraction of sp³-hybridized carbons (Fsp3) is 0.273. The highest BCUT2D eigenvalue weighted by Gasteiger charge is 2.25. The number of fused-ring (bicyclic) bond motifs is 1. The van der Waals surface area contributed by atoms with Gasteiger partial charge in [-0.1, -0.05) is 6.07 Å². The molecule has 0 spiro atoms. The Hall–Kier alpha value is -3.09. The number of primary sulfonamides is 1. The monoisotopic (exact) mass is 506 g/mol. The third kappa shape index (κ3) is 5.69. The van der Waals surface area contributed by atoms with Gasteiger partial charge in [-0.15, -0.1) is 0 Å². The van der Waals surface area contributed by atoms with Gasteiger partial charge in [0, 0.05) is 18.0 Å². The van der Waals surface area contributed by atoms with Gasteiger partial charge >= 0.3 is 0 Å². The van der Waals surface area contributed by atoms with Gasteiger partial charge in [0.25, 0.3) is 0 Å². The van der Waals surface area contributed by atoms with Gasteiger partial charge in [-0.3, -0.25) is 9.29 Å². The van der Waals surface area contributed by atoms with E-state index >= 15 is 0 Å². The first-order chi connectivity index (χ1) is 16.0. The van der Waals surface area contributed by atoms with Gasteiger partial charge in [-0.25, -0.2) is 31.3 Å². The molecule has 2 heterocycles. The third-order valence-corrected chi connectivity index (χ3v) is 7.22. The first-order valence-corrected chi connectivity index (χ1v) is 13.9. The molecule has 0 atom stereocenters. The van der Waals surface area contributed by atoms with Gasteiger partial charge in [0.2, 0.25) is 25.9 Å². The van der Waals surface area contributed by atoms with Crippen LogP contribution in [-0.2, 0) is 39.5 Å². The van der Waals surface area contributed by atoms with Gasteiger partial charge in [0.05, 0.1) is 17.6 Å². The van der Waals surface area contributed by atoms with Gasteiger partial charge in [0.15, 0.2) is 0 Å². The summed E-state index contributed by atoms with van der Waals surface area (Å²) in [6.07, 6.45) is 4.80. The van der Waals surface area contributed by atoms with Crippen molar-refractivity contribution in [2.45, 2.75) is 25.9 Å². The van der Waals surface area contributed by atoms with Crippen molar-refractivity contribution in [3.05, 3.63) is 71.4 Å². The van der Waals surface area contributed by atoms with E-state index in [2.05, 4.69) is 9.97 Å². The van der Waals surface area contributed by atoms with Crippen molar-refractivity contribution in [2.24, 2.45) is 5.14 Å². The molecular formula is C22H23FN4O5S2. The topological polar surface area (TPSA) is 133 Å². The van der Waals surface area contributed by atoms with Crippen LogP contribution in [0.1, 0.15) is 23.4 Å². The summed E-state index contributed by atoms with van der Waals surface area (Å²) < 4.78 is 68.9. The number of nitrogens with zero attached hydrogens (tertiary/aromatic N) is 3. The van der Waals surface area contributed by atoms with E-state index in [0.717, 1.165) is 42.8 Å². The minimum atomic E-state index is -4.21. The van der Waals surface area contributed by atoms with Crippen LogP contribution < -0.4 is 14.2 Å². The van der Waals surface area contributed by atoms with Crippen LogP contribution in [0.4, 0.5) is 10.1 Å². The smallest absolute Gasteiger partial charge is 0.233 e. The van der Waals surface area contributed by atoms with Crippen LogP contribution in [0.3, 0.4) is 0 Å². The van der Waals surface area contributed by atoms with Crippen molar-refractivity contribution >= 4 is 25.7 Å². The molecule has 1 aliphatic carbocycles. The molecule has 9 nitrogen and oxygen atoms in total. The highest BCUT2D eigenvalue weighted by Crippen LogP contribution is 2.36. The maximum atomic E-state index is 14.7. The van der Waals surface area contributed by atoms with E-state index in [1.54, 1.807) is 18.3 Å². The van der Waals surface area contributed by atoms with Crippen LogP contribution >= 0.6 is 0 Å². The van der Waals surface area contributed by atoms with Crippen molar-refractivity contribution in [1.82, 2.24) is 9.97 Å². The Balaban J connectivity index is 1.77. The molecule has 1 aliphatic rings. The van der Waals surface area contributed by atoms with Crippen LogP contribution in [0, 0.1) is 5.82 Å². The molecule has 2 N–H and O–H groups in total. The van der Waals surface area contributed by atoms with Crippen molar-refractivity contribution in [3.8, 4) is 17.0 Å². The van der Waals surface area contributed by atoms with E-state index in [9.17, 15) is 21.2 Å². The molecule has 180 valence electrons. The number of ether oxygens (including phenoxy) is 1. The van der Waals surface area contributed by atoms with E-state index in [1.807, 2.05) is 12.1 Å². The number of aromatic nitrogens is 2. The number of halogens is 1. The van der Waals surface area contributed by atoms with Crippen molar-refractivity contribution in [3.63, 3.8) is 0 Å². The zero-order valence-electron chi connectivity index (χ0n) is 18.3. The molecule has 2 aromatic heterocycles. The Bertz CT molecular complexity index is 1430. The molecule has 0 unspecified atom stereocenters. The van der Waals surface area contributed by atoms with Gasteiger partial charge in [0.1, 0.15) is 18.3 Å². The van der Waals surface area contributed by atoms with Crippen LogP contribution in [0.25, 0.3) is 11.1 Å². The van der Waals surface area contributed by atoms with Crippen molar-refractivity contribution in [2.75, 3.05) is 16.4 Å². The second kappa shape index (κ2) is 9.28. The van der Waals surface area contributed by atoms with Crippen LogP contribution in [-0.4, -0.2) is 38.9 Å². The van der Waals surface area contributed by atoms with E-state index in [0.29, 0.717) is 27.0 Å². The fourth-order valence-electron chi connectivity index (χ4n) is 3.88. The summed E-state index contributed by atoms with van der Waals surface area (Å²) in [6, 6.07) is 10.8. The molecule has 34 heavy (non-hydrogen) atoms. The lowest BCUT2D eigenvalue weighted by molar-refractivity contribution is 0.288. The van der Waals surface area contributed by atoms with E-state index in [1.165, 1.54) is 12.1 Å². The zero-order chi connectivity index (χ0) is 24.5. The zero-order valence-corrected chi connectivity index (χ0v) is 19.9. The first kappa shape index (κ1) is 24.0. The quantitative estimate of drug-likeness (QED) is 0.496. The minimum absolute atomic E-state index is 0.147. The average Bonchev–Trinajstić information content (AvgIpc) is 3.23. The minimum Gasteiger partial charge on any atom is -0.471 e. The van der Waals surface area contributed by atoms with Gasteiger partial charge in [-0.05, 0) is 66.3 Å². The van der Waals surface area contributed by atoms with Crippen molar-refractivity contribution < 1.29 is 26.0 Å². The van der Waals surface area contributed by atoms with Crippen LogP contribution in [0.15, 0.2) is 48.7 Å². The summed E-state index contributed by atoms with van der Waals surface area (Å²) in [7, 11) is -8.27. The second-order valence-electron chi connectivity index (χ2n) is 8.00. The number of rotatable bonds is 8. The summed E-state index contributed by atoms with van der Waals surface area (Å²) in [6.45, 7) is 0.191. The molecule has 0 aliphatic heterocycles. The molecule has 4 rings (SSSR count). The molecule has 0 bridgehead atoms. The van der Waals surface area contributed by atoms with E-state index < -0.39 is 31.7 Å². The summed E-state index contributed by atoms with van der Waals surface area (Å²) >= 11 is 0. The molecule has 3 aromatic rings. The Morgan fingerprint density at radius 3 is 2.59 bits per heavy atom. The molecule has 12 heteroatoms. The average molecular weight is 507 g/mol. The lowest BCUT2D eigenvalue weighted by atomic mass is 9.99. The van der Waals surface area contributed by atoms with Crippen molar-refractivity contribution in [1.29, 1.82) is 0 Å². The predicted octanol–water partition coefficient (Wildman–Crippen LogP) is 2.36. The molecule has 0 saturated carbocycles. The molecule has 0 radical (unpaired) electrons. The number of nitrogens with two attached hydrogens (primary N) is 1. The maximum Gasteiger partial charge on any atom is 0.233 e. The number of hydrogen-bond donors (Lipinski definition) is 1. The molecule has 0 saturated heterocycles. The van der Waals surface area contributed by atoms with Crippen LogP contribution in [0.2, 0.25) is 0 Å². The Kier molecular flexibility index (Phi) is 6.56. The summed E-state index contributed by atoms with van der Waals surface area (Å²) in [4.78, 5) is 8.79. The largest absolute Gasteiger partial charge is 0.471 e. The molecule has 0 fully saturated rings. The van der Waals surface area contributed by atoms with Gasteiger partial charge < -0.3 is 4.74 Å².